The molecule has 1 saturated heterocycles. The molecule has 1 fully saturated rings. The molecule has 1 aromatic rings. The summed E-state index contributed by atoms with van der Waals surface area (Å²) in [6.45, 7) is 5.22. The van der Waals surface area contributed by atoms with Crippen LogP contribution in [-0.4, -0.2) is 44.2 Å². The van der Waals surface area contributed by atoms with E-state index in [1.165, 1.54) is 7.11 Å². The summed E-state index contributed by atoms with van der Waals surface area (Å²) in [5.41, 5.74) is 0. The third-order valence-electron chi connectivity index (χ3n) is 3.66. The van der Waals surface area contributed by atoms with Crippen molar-refractivity contribution in [2.75, 3.05) is 33.4 Å². The number of likely N-dealkylation sites (tertiary alicyclic amines) is 1. The maximum absolute atomic E-state index is 11.6. The maximum atomic E-state index is 11.6. The minimum atomic E-state index is -0.104. The van der Waals surface area contributed by atoms with E-state index < -0.39 is 0 Å². The smallest absolute Gasteiger partial charge is 0.310 e. The van der Waals surface area contributed by atoms with E-state index >= 15 is 0 Å². The molecule has 0 aromatic heterocycles. The molecule has 1 aliphatic heterocycles. The van der Waals surface area contributed by atoms with Gasteiger partial charge in [-0.25, -0.2) is 0 Å². The molecule has 0 spiro atoms. The zero-order valence-electron chi connectivity index (χ0n) is 11.8. The molecule has 1 aromatic carbocycles. The number of carbonyl (C=O) groups excluding carboxylic acids is 1. The molecule has 0 aliphatic carbocycles. The third kappa shape index (κ3) is 3.96. The molecule has 0 N–H and O–H groups in total. The van der Waals surface area contributed by atoms with Crippen LogP contribution in [-0.2, 0) is 9.53 Å². The number of hydrogen-bond donors (Lipinski definition) is 0. The monoisotopic (exact) mass is 341 g/mol. The van der Waals surface area contributed by atoms with Crippen LogP contribution < -0.4 is 4.74 Å². The molecule has 4 nitrogen and oxygen atoms in total. The van der Waals surface area contributed by atoms with Crippen LogP contribution in [0.4, 0.5) is 0 Å². The van der Waals surface area contributed by atoms with E-state index in [1.54, 1.807) is 0 Å². The first-order chi connectivity index (χ1) is 9.60. The molecule has 0 saturated carbocycles. The minimum Gasteiger partial charge on any atom is -0.492 e. The number of nitrogens with zero attached hydrogens (tertiary/aromatic N) is 1. The van der Waals surface area contributed by atoms with Gasteiger partial charge < -0.3 is 9.47 Å². The number of hydrogen-bond acceptors (Lipinski definition) is 4. The lowest BCUT2D eigenvalue weighted by Crippen LogP contribution is -2.28. The van der Waals surface area contributed by atoms with Crippen LogP contribution >= 0.6 is 15.9 Å². The van der Waals surface area contributed by atoms with Crippen molar-refractivity contribution in [3.8, 4) is 5.75 Å². The summed E-state index contributed by atoms with van der Waals surface area (Å²) < 4.78 is 11.6. The Morgan fingerprint density at radius 2 is 2.25 bits per heavy atom. The Labute approximate surface area is 128 Å². The number of methoxy groups -OCH3 is 1. The fraction of sp³-hybridized carbons (Fsp3) is 0.533. The van der Waals surface area contributed by atoms with Gasteiger partial charge >= 0.3 is 5.97 Å². The molecule has 0 bridgehead atoms. The summed E-state index contributed by atoms with van der Waals surface area (Å²) in [5, 5.41) is 0. The summed E-state index contributed by atoms with van der Waals surface area (Å²) in [6.07, 6.45) is 0. The average Bonchev–Trinajstić information content (AvgIpc) is 2.79. The van der Waals surface area contributed by atoms with Crippen LogP contribution in [0, 0.1) is 11.8 Å². The molecule has 1 aliphatic rings. The van der Waals surface area contributed by atoms with E-state index in [1.807, 2.05) is 24.3 Å². The average molecular weight is 342 g/mol. The number of ether oxygens (including phenoxy) is 2. The number of benzene rings is 1. The third-order valence-corrected chi connectivity index (χ3v) is 4.16. The molecule has 2 rings (SSSR count). The highest BCUT2D eigenvalue weighted by Gasteiger charge is 2.35. The van der Waals surface area contributed by atoms with Crippen molar-refractivity contribution in [3.05, 3.63) is 28.7 Å². The Balaban J connectivity index is 1.77. The van der Waals surface area contributed by atoms with Crippen molar-refractivity contribution in [2.45, 2.75) is 6.92 Å². The van der Waals surface area contributed by atoms with E-state index in [0.29, 0.717) is 12.5 Å². The highest BCUT2D eigenvalue weighted by atomic mass is 79.9. The van der Waals surface area contributed by atoms with E-state index in [0.717, 1.165) is 29.9 Å². The molecular formula is C15H20BrNO3. The Kier molecular flexibility index (Phi) is 5.43. The Hall–Kier alpha value is -1.07. The summed E-state index contributed by atoms with van der Waals surface area (Å²) in [5.74, 6) is 1.09. The molecule has 0 radical (unpaired) electrons. The summed E-state index contributed by atoms with van der Waals surface area (Å²) in [6, 6.07) is 7.80. The molecule has 20 heavy (non-hydrogen) atoms. The van der Waals surface area contributed by atoms with Crippen molar-refractivity contribution in [2.24, 2.45) is 11.8 Å². The first kappa shape index (κ1) is 15.3. The topological polar surface area (TPSA) is 38.8 Å². The van der Waals surface area contributed by atoms with Crippen LogP contribution in [0.3, 0.4) is 0 Å². The van der Waals surface area contributed by atoms with Gasteiger partial charge in [0, 0.05) is 24.1 Å². The Bertz CT molecular complexity index is 466. The van der Waals surface area contributed by atoms with Crippen molar-refractivity contribution in [1.82, 2.24) is 4.90 Å². The summed E-state index contributed by atoms with van der Waals surface area (Å²) in [7, 11) is 1.45. The van der Waals surface area contributed by atoms with Gasteiger partial charge in [0.2, 0.25) is 0 Å². The molecule has 110 valence electrons. The van der Waals surface area contributed by atoms with E-state index in [-0.39, 0.29) is 11.9 Å². The van der Waals surface area contributed by atoms with Gasteiger partial charge in [0.15, 0.2) is 0 Å². The SMILES string of the molecule is COC(=O)C1CN(CCOc2cccc(Br)c2)CC1C. The van der Waals surface area contributed by atoms with Crippen LogP contribution in [0.15, 0.2) is 28.7 Å². The maximum Gasteiger partial charge on any atom is 0.310 e. The van der Waals surface area contributed by atoms with Gasteiger partial charge in [0.05, 0.1) is 13.0 Å². The molecule has 2 unspecified atom stereocenters. The summed E-state index contributed by atoms with van der Waals surface area (Å²) in [4.78, 5) is 13.9. The first-order valence-corrected chi connectivity index (χ1v) is 7.58. The van der Waals surface area contributed by atoms with Gasteiger partial charge in [-0.1, -0.05) is 28.9 Å². The predicted molar refractivity (Wildman–Crippen MR) is 80.7 cm³/mol. The van der Waals surface area contributed by atoms with Crippen molar-refractivity contribution in [3.63, 3.8) is 0 Å². The lowest BCUT2D eigenvalue weighted by atomic mass is 9.99. The highest BCUT2D eigenvalue weighted by Crippen LogP contribution is 2.24. The first-order valence-electron chi connectivity index (χ1n) is 6.78. The fourth-order valence-corrected chi connectivity index (χ4v) is 2.94. The van der Waals surface area contributed by atoms with E-state index in [2.05, 4.69) is 27.8 Å². The van der Waals surface area contributed by atoms with E-state index in [9.17, 15) is 4.79 Å². The van der Waals surface area contributed by atoms with Crippen LogP contribution in [0.2, 0.25) is 0 Å². The molecule has 5 heteroatoms. The lowest BCUT2D eigenvalue weighted by molar-refractivity contribution is -0.146. The lowest BCUT2D eigenvalue weighted by Gasteiger charge is -2.15. The van der Waals surface area contributed by atoms with Gasteiger partial charge in [-0.15, -0.1) is 0 Å². The molecule has 1 heterocycles. The predicted octanol–water partition coefficient (Wildman–Crippen LogP) is 2.57. The number of rotatable bonds is 5. The van der Waals surface area contributed by atoms with Gasteiger partial charge in [-0.05, 0) is 24.1 Å². The quantitative estimate of drug-likeness (QED) is 0.771. The Morgan fingerprint density at radius 3 is 2.95 bits per heavy atom. The zero-order valence-corrected chi connectivity index (χ0v) is 13.4. The molecule has 0 amide bonds. The molecule has 2 atom stereocenters. The largest absolute Gasteiger partial charge is 0.492 e. The second kappa shape index (κ2) is 7.09. The number of esters is 1. The van der Waals surface area contributed by atoms with Crippen molar-refractivity contribution < 1.29 is 14.3 Å². The van der Waals surface area contributed by atoms with Crippen molar-refractivity contribution >= 4 is 21.9 Å². The van der Waals surface area contributed by atoms with Crippen LogP contribution in [0.25, 0.3) is 0 Å². The van der Waals surface area contributed by atoms with Gasteiger partial charge in [0.1, 0.15) is 12.4 Å². The number of carbonyl (C=O) groups is 1. The van der Waals surface area contributed by atoms with Crippen molar-refractivity contribution in [1.29, 1.82) is 0 Å². The minimum absolute atomic E-state index is 0.00845. The number of halogens is 1. The van der Waals surface area contributed by atoms with Gasteiger partial charge in [0.25, 0.3) is 0 Å². The van der Waals surface area contributed by atoms with Gasteiger partial charge in [-0.3, -0.25) is 9.69 Å². The van der Waals surface area contributed by atoms with Gasteiger partial charge in [-0.2, -0.15) is 0 Å². The highest BCUT2D eigenvalue weighted by molar-refractivity contribution is 9.10. The van der Waals surface area contributed by atoms with E-state index in [4.69, 9.17) is 9.47 Å². The van der Waals surface area contributed by atoms with Crippen LogP contribution in [0.5, 0.6) is 5.75 Å². The Morgan fingerprint density at radius 1 is 1.45 bits per heavy atom. The second-order valence-electron chi connectivity index (χ2n) is 5.17. The second-order valence-corrected chi connectivity index (χ2v) is 6.09. The zero-order chi connectivity index (χ0) is 14.5. The van der Waals surface area contributed by atoms with Crippen LogP contribution in [0.1, 0.15) is 6.92 Å². The fourth-order valence-electron chi connectivity index (χ4n) is 2.56. The standard InChI is InChI=1S/C15H20BrNO3/c1-11-9-17(10-14(11)15(18)19-2)6-7-20-13-5-3-4-12(16)8-13/h3-5,8,11,14H,6-7,9-10H2,1-2H3. The summed E-state index contributed by atoms with van der Waals surface area (Å²) >= 11 is 3.42. The normalized spacial score (nSPS) is 22.8. The molecular weight excluding hydrogens is 322 g/mol.